The average molecular weight is 266 g/mol. The van der Waals surface area contributed by atoms with Crippen LogP contribution < -0.4 is 0 Å². The van der Waals surface area contributed by atoms with E-state index in [-0.39, 0.29) is 0 Å². The quantitative estimate of drug-likeness (QED) is 0.855. The smallest absolute Gasteiger partial charge is 0.160 e. The maximum atomic E-state index is 4.77. The normalized spacial score (nSPS) is 18.8. The van der Waals surface area contributed by atoms with E-state index in [4.69, 9.17) is 4.98 Å². The van der Waals surface area contributed by atoms with Gasteiger partial charge in [-0.3, -0.25) is 9.88 Å². The summed E-state index contributed by atoms with van der Waals surface area (Å²) in [6, 6.07) is 3.94. The van der Waals surface area contributed by atoms with Crippen LogP contribution in [0.1, 0.15) is 24.1 Å². The minimum absolute atomic E-state index is 0.796. The molecule has 2 aromatic rings. The molecule has 4 heteroatoms. The Morgan fingerprint density at radius 3 is 3.00 bits per heavy atom. The van der Waals surface area contributed by atoms with Gasteiger partial charge in [-0.1, -0.05) is 0 Å². The highest BCUT2D eigenvalue weighted by molar-refractivity contribution is 5.53. The van der Waals surface area contributed by atoms with Crippen molar-refractivity contribution in [3.8, 4) is 11.4 Å². The lowest BCUT2D eigenvalue weighted by molar-refractivity contribution is 0.240. The third kappa shape index (κ3) is 2.43. The molecule has 1 saturated carbocycles. The van der Waals surface area contributed by atoms with E-state index in [0.29, 0.717) is 0 Å². The minimum atomic E-state index is 0.796. The van der Waals surface area contributed by atoms with Gasteiger partial charge >= 0.3 is 0 Å². The standard InChI is InChI=1S/C16H18N4/c1-2-14(8-17-6-1)16-18-9-13-5-7-20(10-12-3-4-12)11-15(13)19-16/h1-2,6,8-9,12H,3-5,7,10-11H2. The molecule has 0 unspecified atom stereocenters. The molecule has 0 spiro atoms. The molecule has 102 valence electrons. The Kier molecular flexibility index (Phi) is 2.96. The summed E-state index contributed by atoms with van der Waals surface area (Å²) >= 11 is 0. The molecule has 0 amide bonds. The van der Waals surface area contributed by atoms with Crippen LogP contribution in [-0.2, 0) is 13.0 Å². The summed E-state index contributed by atoms with van der Waals surface area (Å²) < 4.78 is 0. The molecule has 4 rings (SSSR count). The third-order valence-electron chi connectivity index (χ3n) is 4.16. The molecule has 0 aromatic carbocycles. The number of fused-ring (bicyclic) bond motifs is 1. The zero-order valence-corrected chi connectivity index (χ0v) is 11.5. The van der Waals surface area contributed by atoms with Crippen molar-refractivity contribution in [3.63, 3.8) is 0 Å². The average Bonchev–Trinajstić information content (AvgIpc) is 3.31. The molecule has 2 aliphatic rings. The zero-order valence-electron chi connectivity index (χ0n) is 11.5. The molecule has 0 N–H and O–H groups in total. The Morgan fingerprint density at radius 2 is 2.20 bits per heavy atom. The van der Waals surface area contributed by atoms with Gasteiger partial charge in [0, 0.05) is 43.8 Å². The van der Waals surface area contributed by atoms with Crippen LogP contribution in [0.15, 0.2) is 30.7 Å². The van der Waals surface area contributed by atoms with Gasteiger partial charge in [0.2, 0.25) is 0 Å². The van der Waals surface area contributed by atoms with Gasteiger partial charge in [-0.05, 0) is 42.9 Å². The van der Waals surface area contributed by atoms with Crippen LogP contribution in [0.3, 0.4) is 0 Å². The fraction of sp³-hybridized carbons (Fsp3) is 0.438. The van der Waals surface area contributed by atoms with Crippen LogP contribution in [-0.4, -0.2) is 32.9 Å². The minimum Gasteiger partial charge on any atom is -0.297 e. The van der Waals surface area contributed by atoms with E-state index in [1.54, 1.807) is 6.20 Å². The second-order valence-corrected chi connectivity index (χ2v) is 5.84. The van der Waals surface area contributed by atoms with E-state index >= 15 is 0 Å². The maximum absolute atomic E-state index is 4.77. The topological polar surface area (TPSA) is 41.9 Å². The van der Waals surface area contributed by atoms with Gasteiger partial charge in [0.1, 0.15) is 0 Å². The predicted octanol–water partition coefficient (Wildman–Crippen LogP) is 2.31. The van der Waals surface area contributed by atoms with Crippen LogP contribution in [0.5, 0.6) is 0 Å². The molecule has 1 aliphatic carbocycles. The van der Waals surface area contributed by atoms with Crippen molar-refractivity contribution < 1.29 is 0 Å². The molecular formula is C16H18N4. The summed E-state index contributed by atoms with van der Waals surface area (Å²) in [7, 11) is 0. The van der Waals surface area contributed by atoms with Gasteiger partial charge in [0.15, 0.2) is 5.82 Å². The largest absolute Gasteiger partial charge is 0.297 e. The molecule has 0 bridgehead atoms. The summed E-state index contributed by atoms with van der Waals surface area (Å²) in [6.45, 7) is 3.37. The van der Waals surface area contributed by atoms with E-state index < -0.39 is 0 Å². The Morgan fingerprint density at radius 1 is 1.25 bits per heavy atom. The van der Waals surface area contributed by atoms with Crippen molar-refractivity contribution in [2.75, 3.05) is 13.1 Å². The number of hydrogen-bond acceptors (Lipinski definition) is 4. The Hall–Kier alpha value is -1.81. The van der Waals surface area contributed by atoms with Crippen LogP contribution in [0.2, 0.25) is 0 Å². The first-order chi connectivity index (χ1) is 9.88. The first-order valence-electron chi connectivity index (χ1n) is 7.36. The van der Waals surface area contributed by atoms with E-state index in [0.717, 1.165) is 36.8 Å². The first-order valence-corrected chi connectivity index (χ1v) is 7.36. The molecular weight excluding hydrogens is 248 g/mol. The Bertz CT molecular complexity index is 607. The van der Waals surface area contributed by atoms with Crippen molar-refractivity contribution in [1.29, 1.82) is 0 Å². The van der Waals surface area contributed by atoms with Crippen molar-refractivity contribution in [1.82, 2.24) is 19.9 Å². The second kappa shape index (κ2) is 4.94. The van der Waals surface area contributed by atoms with Crippen molar-refractivity contribution in [3.05, 3.63) is 42.0 Å². The molecule has 3 heterocycles. The van der Waals surface area contributed by atoms with E-state index in [9.17, 15) is 0 Å². The molecule has 4 nitrogen and oxygen atoms in total. The zero-order chi connectivity index (χ0) is 13.4. The summed E-state index contributed by atoms with van der Waals surface area (Å²) in [6.07, 6.45) is 9.50. The van der Waals surface area contributed by atoms with Crippen molar-refractivity contribution in [2.45, 2.75) is 25.8 Å². The van der Waals surface area contributed by atoms with Crippen LogP contribution in [0, 0.1) is 5.92 Å². The highest BCUT2D eigenvalue weighted by atomic mass is 15.1. The summed E-state index contributed by atoms with van der Waals surface area (Å²) in [5.41, 5.74) is 3.50. The van der Waals surface area contributed by atoms with Crippen LogP contribution in [0.4, 0.5) is 0 Å². The lowest BCUT2D eigenvalue weighted by atomic mass is 10.1. The summed E-state index contributed by atoms with van der Waals surface area (Å²) in [5, 5.41) is 0. The highest BCUT2D eigenvalue weighted by Crippen LogP contribution is 2.31. The monoisotopic (exact) mass is 266 g/mol. The fourth-order valence-electron chi connectivity index (χ4n) is 2.81. The molecule has 0 radical (unpaired) electrons. The Balaban J connectivity index is 1.59. The fourth-order valence-corrected chi connectivity index (χ4v) is 2.81. The van der Waals surface area contributed by atoms with Crippen molar-refractivity contribution in [2.24, 2.45) is 5.92 Å². The molecule has 20 heavy (non-hydrogen) atoms. The number of nitrogens with zero attached hydrogens (tertiary/aromatic N) is 4. The van der Waals surface area contributed by atoms with Crippen LogP contribution in [0.25, 0.3) is 11.4 Å². The number of aromatic nitrogens is 3. The Labute approximate surface area is 118 Å². The molecule has 1 aliphatic heterocycles. The third-order valence-corrected chi connectivity index (χ3v) is 4.16. The highest BCUT2D eigenvalue weighted by Gasteiger charge is 2.27. The summed E-state index contributed by atoms with van der Waals surface area (Å²) in [5.74, 6) is 1.74. The predicted molar refractivity (Wildman–Crippen MR) is 77.0 cm³/mol. The molecule has 0 saturated heterocycles. The number of rotatable bonds is 3. The molecule has 0 atom stereocenters. The first kappa shape index (κ1) is 12.0. The van der Waals surface area contributed by atoms with E-state index in [1.165, 1.54) is 30.6 Å². The van der Waals surface area contributed by atoms with Gasteiger partial charge in [-0.2, -0.15) is 0 Å². The van der Waals surface area contributed by atoms with E-state index in [2.05, 4.69) is 14.9 Å². The molecule has 2 aromatic heterocycles. The van der Waals surface area contributed by atoms with Crippen LogP contribution >= 0.6 is 0 Å². The van der Waals surface area contributed by atoms with Gasteiger partial charge < -0.3 is 0 Å². The maximum Gasteiger partial charge on any atom is 0.160 e. The number of hydrogen-bond donors (Lipinski definition) is 0. The van der Waals surface area contributed by atoms with Gasteiger partial charge in [0.25, 0.3) is 0 Å². The molecule has 1 fully saturated rings. The van der Waals surface area contributed by atoms with Crippen molar-refractivity contribution >= 4 is 0 Å². The van der Waals surface area contributed by atoms with Gasteiger partial charge in [-0.25, -0.2) is 9.97 Å². The SMILES string of the molecule is c1cncc(-c2ncc3c(n2)CN(CC2CC2)CC3)c1. The summed E-state index contributed by atoms with van der Waals surface area (Å²) in [4.78, 5) is 15.9. The van der Waals surface area contributed by atoms with Gasteiger partial charge in [0.05, 0.1) is 5.69 Å². The van der Waals surface area contributed by atoms with E-state index in [1.807, 2.05) is 24.5 Å². The second-order valence-electron chi connectivity index (χ2n) is 5.84. The lowest BCUT2D eigenvalue weighted by Gasteiger charge is -2.27. The number of pyridine rings is 1. The van der Waals surface area contributed by atoms with Gasteiger partial charge in [-0.15, -0.1) is 0 Å². The lowest BCUT2D eigenvalue weighted by Crippen LogP contribution is -2.33.